The van der Waals surface area contributed by atoms with E-state index in [1.165, 1.54) is 12.8 Å². The number of nitrogens with zero attached hydrogens (tertiary/aromatic N) is 1. The average molecular weight is 260 g/mol. The molecule has 17 heavy (non-hydrogen) atoms. The van der Waals surface area contributed by atoms with Gasteiger partial charge in [-0.05, 0) is 19.3 Å². The highest BCUT2D eigenvalue weighted by molar-refractivity contribution is 7.80. The van der Waals surface area contributed by atoms with E-state index in [4.69, 9.17) is 27.4 Å². The molecular formula is C12H24N2O2S. The van der Waals surface area contributed by atoms with E-state index in [9.17, 15) is 0 Å². The van der Waals surface area contributed by atoms with Crippen molar-refractivity contribution in [1.29, 1.82) is 0 Å². The van der Waals surface area contributed by atoms with Crippen molar-refractivity contribution in [3.8, 4) is 0 Å². The Hall–Kier alpha value is -0.230. The van der Waals surface area contributed by atoms with E-state index >= 15 is 0 Å². The lowest BCUT2D eigenvalue weighted by Crippen LogP contribution is -2.32. The fourth-order valence-electron chi connectivity index (χ4n) is 1.76. The molecule has 0 aliphatic heterocycles. The molecule has 0 unspecified atom stereocenters. The van der Waals surface area contributed by atoms with Gasteiger partial charge in [-0.1, -0.05) is 12.2 Å². The predicted molar refractivity (Wildman–Crippen MR) is 73.3 cm³/mol. The maximum atomic E-state index is 5.57. The van der Waals surface area contributed by atoms with Gasteiger partial charge >= 0.3 is 0 Å². The van der Waals surface area contributed by atoms with Crippen LogP contribution in [0.15, 0.2) is 0 Å². The second kappa shape index (κ2) is 8.80. The molecule has 1 fully saturated rings. The molecule has 0 bridgehead atoms. The van der Waals surface area contributed by atoms with Crippen LogP contribution >= 0.6 is 12.2 Å². The van der Waals surface area contributed by atoms with E-state index in [-0.39, 0.29) is 0 Å². The van der Waals surface area contributed by atoms with Gasteiger partial charge in [0, 0.05) is 45.9 Å². The van der Waals surface area contributed by atoms with Gasteiger partial charge in [-0.2, -0.15) is 0 Å². The average Bonchev–Trinajstić information content (AvgIpc) is 3.11. The Balaban J connectivity index is 2.02. The van der Waals surface area contributed by atoms with Crippen molar-refractivity contribution in [3.05, 3.63) is 0 Å². The SMILES string of the molecule is COCCCOCCN(CCC(N)=S)C1CC1. The number of methoxy groups -OCH3 is 1. The molecule has 2 N–H and O–H groups in total. The van der Waals surface area contributed by atoms with Gasteiger partial charge in [0.25, 0.3) is 0 Å². The van der Waals surface area contributed by atoms with Crippen molar-refractivity contribution < 1.29 is 9.47 Å². The van der Waals surface area contributed by atoms with Crippen LogP contribution in [0.4, 0.5) is 0 Å². The number of hydrogen-bond acceptors (Lipinski definition) is 4. The third-order valence-corrected chi connectivity index (χ3v) is 3.07. The first-order chi connectivity index (χ1) is 8.24. The van der Waals surface area contributed by atoms with Crippen molar-refractivity contribution in [2.24, 2.45) is 5.73 Å². The van der Waals surface area contributed by atoms with E-state index < -0.39 is 0 Å². The standard InChI is InChI=1S/C12H24N2O2S/c1-15-8-2-9-16-10-7-14(11-3-4-11)6-5-12(13)17/h11H,2-10H2,1H3,(H2,13,17). The molecule has 0 aromatic heterocycles. The van der Waals surface area contributed by atoms with Crippen LogP contribution in [0.1, 0.15) is 25.7 Å². The van der Waals surface area contributed by atoms with Gasteiger partial charge in [0.05, 0.1) is 11.6 Å². The molecular weight excluding hydrogens is 236 g/mol. The number of rotatable bonds is 11. The molecule has 1 aliphatic carbocycles. The summed E-state index contributed by atoms with van der Waals surface area (Å²) < 4.78 is 10.5. The molecule has 1 saturated carbocycles. The second-order valence-electron chi connectivity index (χ2n) is 4.44. The minimum atomic E-state index is 0.608. The maximum Gasteiger partial charge on any atom is 0.0740 e. The summed E-state index contributed by atoms with van der Waals surface area (Å²) in [6.45, 7) is 4.30. The molecule has 0 amide bonds. The zero-order valence-electron chi connectivity index (χ0n) is 10.7. The molecule has 0 saturated heterocycles. The monoisotopic (exact) mass is 260 g/mol. The molecule has 1 rings (SSSR count). The van der Waals surface area contributed by atoms with Gasteiger partial charge in [0.15, 0.2) is 0 Å². The second-order valence-corrected chi connectivity index (χ2v) is 4.97. The topological polar surface area (TPSA) is 47.7 Å². The van der Waals surface area contributed by atoms with Gasteiger partial charge in [-0.15, -0.1) is 0 Å². The highest BCUT2D eigenvalue weighted by Crippen LogP contribution is 2.26. The Kier molecular flexibility index (Phi) is 7.68. The Bertz CT molecular complexity index is 223. The zero-order valence-corrected chi connectivity index (χ0v) is 11.5. The Morgan fingerprint density at radius 1 is 1.29 bits per heavy atom. The van der Waals surface area contributed by atoms with E-state index in [1.54, 1.807) is 7.11 Å². The summed E-state index contributed by atoms with van der Waals surface area (Å²) in [5, 5.41) is 0. The van der Waals surface area contributed by atoms with Crippen LogP contribution in [0.3, 0.4) is 0 Å². The molecule has 0 heterocycles. The van der Waals surface area contributed by atoms with Crippen LogP contribution < -0.4 is 5.73 Å². The summed E-state index contributed by atoms with van der Waals surface area (Å²) in [5.74, 6) is 0. The molecule has 0 aromatic carbocycles. The Morgan fingerprint density at radius 3 is 2.65 bits per heavy atom. The largest absolute Gasteiger partial charge is 0.393 e. The zero-order chi connectivity index (χ0) is 12.5. The Labute approximate surface area is 109 Å². The van der Waals surface area contributed by atoms with Gasteiger partial charge < -0.3 is 15.2 Å². The smallest absolute Gasteiger partial charge is 0.0740 e. The highest BCUT2D eigenvalue weighted by atomic mass is 32.1. The molecule has 5 heteroatoms. The lowest BCUT2D eigenvalue weighted by atomic mass is 10.3. The summed E-state index contributed by atoms with van der Waals surface area (Å²) in [7, 11) is 1.71. The van der Waals surface area contributed by atoms with E-state index in [2.05, 4.69) is 4.90 Å². The van der Waals surface area contributed by atoms with Crippen LogP contribution in [0.2, 0.25) is 0 Å². The third-order valence-electron chi connectivity index (χ3n) is 2.87. The van der Waals surface area contributed by atoms with Crippen LogP contribution in [0.5, 0.6) is 0 Å². The normalized spacial score (nSPS) is 15.4. The molecule has 4 nitrogen and oxygen atoms in total. The summed E-state index contributed by atoms with van der Waals surface area (Å²) in [6.07, 6.45) is 4.39. The number of thiocarbonyl (C=S) groups is 1. The summed E-state index contributed by atoms with van der Waals surface area (Å²) in [5.41, 5.74) is 5.53. The predicted octanol–water partition coefficient (Wildman–Crippen LogP) is 1.18. The lowest BCUT2D eigenvalue weighted by Gasteiger charge is -2.21. The fraction of sp³-hybridized carbons (Fsp3) is 0.917. The molecule has 0 aromatic rings. The molecule has 0 spiro atoms. The van der Waals surface area contributed by atoms with Crippen molar-refractivity contribution in [3.63, 3.8) is 0 Å². The van der Waals surface area contributed by atoms with Gasteiger partial charge in [0.2, 0.25) is 0 Å². The first kappa shape index (κ1) is 14.8. The van der Waals surface area contributed by atoms with Gasteiger partial charge in [-0.25, -0.2) is 0 Å². The first-order valence-electron chi connectivity index (χ1n) is 6.33. The van der Waals surface area contributed by atoms with Gasteiger partial charge in [-0.3, -0.25) is 4.90 Å². The van der Waals surface area contributed by atoms with Crippen molar-refractivity contribution in [1.82, 2.24) is 4.90 Å². The highest BCUT2D eigenvalue weighted by Gasteiger charge is 2.28. The fourth-order valence-corrected chi connectivity index (χ4v) is 1.85. The molecule has 0 radical (unpaired) electrons. The minimum absolute atomic E-state index is 0.608. The third kappa shape index (κ3) is 7.65. The number of ether oxygens (including phenoxy) is 2. The number of hydrogen-bond donors (Lipinski definition) is 1. The minimum Gasteiger partial charge on any atom is -0.393 e. The van der Waals surface area contributed by atoms with E-state index in [1.807, 2.05) is 0 Å². The van der Waals surface area contributed by atoms with Crippen molar-refractivity contribution >= 4 is 17.2 Å². The summed E-state index contributed by atoms with van der Waals surface area (Å²) >= 11 is 4.91. The van der Waals surface area contributed by atoms with Crippen molar-refractivity contribution in [2.45, 2.75) is 31.7 Å². The lowest BCUT2D eigenvalue weighted by molar-refractivity contribution is 0.0825. The molecule has 1 aliphatic rings. The van der Waals surface area contributed by atoms with Crippen LogP contribution in [-0.4, -0.2) is 56.0 Å². The van der Waals surface area contributed by atoms with Gasteiger partial charge in [0.1, 0.15) is 0 Å². The van der Waals surface area contributed by atoms with E-state index in [0.717, 1.165) is 51.8 Å². The molecule has 100 valence electrons. The quantitative estimate of drug-likeness (QED) is 0.446. The van der Waals surface area contributed by atoms with Crippen LogP contribution in [0.25, 0.3) is 0 Å². The first-order valence-corrected chi connectivity index (χ1v) is 6.74. The van der Waals surface area contributed by atoms with Crippen molar-refractivity contribution in [2.75, 3.05) is 40.0 Å². The molecule has 0 atom stereocenters. The van der Waals surface area contributed by atoms with Crippen LogP contribution in [-0.2, 0) is 9.47 Å². The van der Waals surface area contributed by atoms with Crippen LogP contribution in [0, 0.1) is 0 Å². The maximum absolute atomic E-state index is 5.57. The summed E-state index contributed by atoms with van der Waals surface area (Å²) in [4.78, 5) is 3.05. The van der Waals surface area contributed by atoms with E-state index in [0.29, 0.717) is 4.99 Å². The summed E-state index contributed by atoms with van der Waals surface area (Å²) in [6, 6.07) is 0.743. The number of nitrogens with two attached hydrogens (primary N) is 1. The Morgan fingerprint density at radius 2 is 2.06 bits per heavy atom.